The third-order valence-corrected chi connectivity index (χ3v) is 3.80. The zero-order chi connectivity index (χ0) is 14.2. The molecule has 1 aliphatic rings. The molecule has 0 saturated carbocycles. The molecule has 1 unspecified atom stereocenters. The Kier molecular flexibility index (Phi) is 2.92. The summed E-state index contributed by atoms with van der Waals surface area (Å²) in [4.78, 5) is 8.81. The molecule has 4 heterocycles. The number of fused-ring (bicyclic) bond motifs is 1. The lowest BCUT2D eigenvalue weighted by molar-refractivity contribution is 0.00822. The molecule has 21 heavy (non-hydrogen) atoms. The Morgan fingerprint density at radius 2 is 2.29 bits per heavy atom. The lowest BCUT2D eigenvalue weighted by Gasteiger charge is -2.18. The van der Waals surface area contributed by atoms with E-state index < -0.39 is 0 Å². The first-order valence-electron chi connectivity index (χ1n) is 7.08. The highest BCUT2D eigenvalue weighted by Crippen LogP contribution is 2.28. The van der Waals surface area contributed by atoms with E-state index in [0.29, 0.717) is 11.7 Å². The first-order valence-corrected chi connectivity index (χ1v) is 7.08. The van der Waals surface area contributed by atoms with Crippen molar-refractivity contribution in [2.75, 3.05) is 6.61 Å². The van der Waals surface area contributed by atoms with Crippen molar-refractivity contribution in [2.24, 2.45) is 0 Å². The molecule has 0 radical (unpaired) electrons. The van der Waals surface area contributed by atoms with Gasteiger partial charge in [-0.1, -0.05) is 5.16 Å². The van der Waals surface area contributed by atoms with Gasteiger partial charge in [-0.05, 0) is 26.2 Å². The fourth-order valence-electron chi connectivity index (χ4n) is 2.62. The first kappa shape index (κ1) is 12.5. The summed E-state index contributed by atoms with van der Waals surface area (Å²) in [5.41, 5.74) is 2.51. The molecule has 0 bridgehead atoms. The van der Waals surface area contributed by atoms with E-state index in [2.05, 4.69) is 20.2 Å². The van der Waals surface area contributed by atoms with Crippen LogP contribution in [0, 0.1) is 6.92 Å². The van der Waals surface area contributed by atoms with Crippen molar-refractivity contribution in [3.8, 4) is 11.5 Å². The zero-order valence-electron chi connectivity index (χ0n) is 11.7. The highest BCUT2D eigenvalue weighted by molar-refractivity contribution is 5.57. The van der Waals surface area contributed by atoms with Crippen molar-refractivity contribution in [2.45, 2.75) is 32.3 Å². The normalized spacial score (nSPS) is 19.2. The Morgan fingerprint density at radius 1 is 1.33 bits per heavy atom. The largest absolute Gasteiger partial charge is 0.370 e. The van der Waals surface area contributed by atoms with Gasteiger partial charge in [0.05, 0.1) is 17.5 Å². The minimum Gasteiger partial charge on any atom is -0.370 e. The molecule has 4 rings (SSSR count). The molecular weight excluding hydrogens is 270 g/mol. The van der Waals surface area contributed by atoms with E-state index in [-0.39, 0.29) is 6.10 Å². The lowest BCUT2D eigenvalue weighted by Crippen LogP contribution is -2.12. The number of aryl methyl sites for hydroxylation is 1. The average Bonchev–Trinajstić information content (AvgIpc) is 3.18. The van der Waals surface area contributed by atoms with Crippen molar-refractivity contribution in [3.05, 3.63) is 30.0 Å². The van der Waals surface area contributed by atoms with E-state index >= 15 is 0 Å². The van der Waals surface area contributed by atoms with Gasteiger partial charge >= 0.3 is 0 Å². The van der Waals surface area contributed by atoms with Crippen molar-refractivity contribution in [1.82, 2.24) is 24.7 Å². The molecule has 0 aromatic carbocycles. The van der Waals surface area contributed by atoms with E-state index in [4.69, 9.17) is 9.26 Å². The predicted molar refractivity (Wildman–Crippen MR) is 73.6 cm³/mol. The molecule has 7 heteroatoms. The van der Waals surface area contributed by atoms with Crippen LogP contribution >= 0.6 is 0 Å². The van der Waals surface area contributed by atoms with Gasteiger partial charge in [0.15, 0.2) is 5.65 Å². The Balaban J connectivity index is 1.71. The van der Waals surface area contributed by atoms with E-state index in [9.17, 15) is 0 Å². The molecule has 108 valence electrons. The average molecular weight is 285 g/mol. The summed E-state index contributed by atoms with van der Waals surface area (Å²) in [7, 11) is 0. The second kappa shape index (κ2) is 4.92. The van der Waals surface area contributed by atoms with Gasteiger partial charge in [0.1, 0.15) is 6.10 Å². The molecule has 0 N–H and O–H groups in total. The smallest absolute Gasteiger partial charge is 0.261 e. The maximum absolute atomic E-state index is 5.68. The minimum absolute atomic E-state index is 0.0575. The van der Waals surface area contributed by atoms with Crippen LogP contribution in [0.2, 0.25) is 0 Å². The lowest BCUT2D eigenvalue weighted by atomic mass is 10.1. The number of nitrogens with zero attached hydrogens (tertiary/aromatic N) is 5. The number of ether oxygens (including phenoxy) is 1. The van der Waals surface area contributed by atoms with Crippen molar-refractivity contribution >= 4 is 5.65 Å². The van der Waals surface area contributed by atoms with Crippen LogP contribution < -0.4 is 0 Å². The van der Waals surface area contributed by atoms with Crippen LogP contribution in [0.4, 0.5) is 0 Å². The van der Waals surface area contributed by atoms with Crippen LogP contribution in [0.3, 0.4) is 0 Å². The highest BCUT2D eigenvalue weighted by atomic mass is 16.5. The van der Waals surface area contributed by atoms with E-state index in [0.717, 1.165) is 42.8 Å². The van der Waals surface area contributed by atoms with Crippen LogP contribution in [0.15, 0.2) is 23.0 Å². The quantitative estimate of drug-likeness (QED) is 0.719. The summed E-state index contributed by atoms with van der Waals surface area (Å²) >= 11 is 0. The molecule has 1 saturated heterocycles. The van der Waals surface area contributed by atoms with Gasteiger partial charge in [-0.2, -0.15) is 10.1 Å². The van der Waals surface area contributed by atoms with Crippen LogP contribution in [-0.4, -0.2) is 31.3 Å². The van der Waals surface area contributed by atoms with Gasteiger partial charge in [-0.25, -0.2) is 9.50 Å². The number of aromatic nitrogens is 5. The zero-order valence-corrected chi connectivity index (χ0v) is 11.7. The van der Waals surface area contributed by atoms with Crippen LogP contribution in [0.1, 0.15) is 36.9 Å². The van der Waals surface area contributed by atoms with Gasteiger partial charge in [-0.3, -0.25) is 0 Å². The number of hydrogen-bond donors (Lipinski definition) is 0. The van der Waals surface area contributed by atoms with E-state index in [1.54, 1.807) is 16.9 Å². The van der Waals surface area contributed by atoms with E-state index in [1.807, 2.05) is 13.0 Å². The molecule has 1 aliphatic heterocycles. The maximum Gasteiger partial charge on any atom is 0.261 e. The van der Waals surface area contributed by atoms with Gasteiger partial charge < -0.3 is 9.26 Å². The topological polar surface area (TPSA) is 78.3 Å². The fraction of sp³-hybridized carbons (Fsp3) is 0.429. The predicted octanol–water partition coefficient (Wildman–Crippen LogP) is 2.33. The summed E-state index contributed by atoms with van der Waals surface area (Å²) in [6.07, 6.45) is 6.57. The summed E-state index contributed by atoms with van der Waals surface area (Å²) in [5.74, 6) is 1.08. The summed E-state index contributed by atoms with van der Waals surface area (Å²) < 4.78 is 12.8. The molecule has 3 aromatic rings. The van der Waals surface area contributed by atoms with Crippen molar-refractivity contribution < 1.29 is 9.26 Å². The SMILES string of the molecule is Cc1c(-c2nc(C3CCCCO3)no2)cnc2ccnn12. The molecule has 3 aromatic heterocycles. The third-order valence-electron chi connectivity index (χ3n) is 3.80. The van der Waals surface area contributed by atoms with Crippen LogP contribution in [0.5, 0.6) is 0 Å². The van der Waals surface area contributed by atoms with Crippen LogP contribution in [-0.2, 0) is 4.74 Å². The minimum atomic E-state index is -0.0575. The van der Waals surface area contributed by atoms with Crippen molar-refractivity contribution in [1.29, 1.82) is 0 Å². The Bertz CT molecular complexity index is 773. The van der Waals surface area contributed by atoms with Gasteiger partial charge in [-0.15, -0.1) is 0 Å². The summed E-state index contributed by atoms with van der Waals surface area (Å²) in [5, 5.41) is 8.30. The molecule has 0 aliphatic carbocycles. The molecule has 0 amide bonds. The Labute approximate surface area is 120 Å². The third kappa shape index (κ3) is 2.09. The molecular formula is C14H15N5O2. The summed E-state index contributed by atoms with van der Waals surface area (Å²) in [6, 6.07) is 1.85. The molecule has 0 spiro atoms. The number of rotatable bonds is 2. The summed E-state index contributed by atoms with van der Waals surface area (Å²) in [6.45, 7) is 2.71. The monoisotopic (exact) mass is 285 g/mol. The van der Waals surface area contributed by atoms with Gasteiger partial charge in [0, 0.05) is 18.9 Å². The molecule has 7 nitrogen and oxygen atoms in total. The standard InChI is InChI=1S/C14H15N5O2/c1-9-10(8-15-12-5-6-16-19(9)12)14-17-13(18-21-14)11-4-2-3-7-20-11/h5-6,8,11H,2-4,7H2,1H3. The second-order valence-corrected chi connectivity index (χ2v) is 5.17. The van der Waals surface area contributed by atoms with Crippen LogP contribution in [0.25, 0.3) is 17.1 Å². The molecule has 1 atom stereocenters. The first-order chi connectivity index (χ1) is 10.3. The van der Waals surface area contributed by atoms with Gasteiger partial charge in [0.25, 0.3) is 5.89 Å². The number of hydrogen-bond acceptors (Lipinski definition) is 6. The molecule has 1 fully saturated rings. The van der Waals surface area contributed by atoms with Gasteiger partial charge in [0.2, 0.25) is 5.82 Å². The van der Waals surface area contributed by atoms with E-state index in [1.165, 1.54) is 0 Å². The Morgan fingerprint density at radius 3 is 3.14 bits per heavy atom. The Hall–Kier alpha value is -2.28. The fourth-order valence-corrected chi connectivity index (χ4v) is 2.62. The maximum atomic E-state index is 5.68. The highest BCUT2D eigenvalue weighted by Gasteiger charge is 2.23. The second-order valence-electron chi connectivity index (χ2n) is 5.17. The van der Waals surface area contributed by atoms with Crippen molar-refractivity contribution in [3.63, 3.8) is 0 Å².